The number of halogens is 1. The molecule has 0 aliphatic carbocycles. The molecule has 144 valence electrons. The number of carbonyl (C=O) groups excluding carboxylic acids is 1. The van der Waals surface area contributed by atoms with E-state index in [2.05, 4.69) is 10.3 Å². The highest BCUT2D eigenvalue weighted by atomic mass is 33.1. The average molecular weight is 407 g/mol. The van der Waals surface area contributed by atoms with Crippen molar-refractivity contribution in [3.8, 4) is 11.6 Å². The first-order valence-electron chi connectivity index (χ1n) is 9.12. The number of unbranched alkanes of at least 4 members (excludes halogenated alkanes) is 1. The highest BCUT2D eigenvalue weighted by Gasteiger charge is 2.15. The van der Waals surface area contributed by atoms with Crippen molar-refractivity contribution in [3.05, 3.63) is 54.0 Å². The Kier molecular flexibility index (Phi) is 7.83. The van der Waals surface area contributed by atoms with Gasteiger partial charge in [-0.2, -0.15) is 0 Å². The summed E-state index contributed by atoms with van der Waals surface area (Å²) >= 11 is 0. The molecule has 1 unspecified atom stereocenters. The van der Waals surface area contributed by atoms with Crippen LogP contribution in [0.15, 0.2) is 42.6 Å². The first kappa shape index (κ1) is 20.0. The maximum atomic E-state index is 12.9. The van der Waals surface area contributed by atoms with E-state index in [9.17, 15) is 9.18 Å². The second kappa shape index (κ2) is 10.6. The lowest BCUT2D eigenvalue weighted by Gasteiger charge is -2.08. The number of nitrogens with zero attached hydrogens (tertiary/aromatic N) is 1. The van der Waals surface area contributed by atoms with Crippen LogP contribution in [0.25, 0.3) is 0 Å². The number of ether oxygens (including phenoxy) is 1. The third kappa shape index (κ3) is 7.07. The van der Waals surface area contributed by atoms with Crippen LogP contribution in [-0.4, -0.2) is 21.9 Å². The fourth-order valence-corrected chi connectivity index (χ4v) is 5.74. The third-order valence-electron chi connectivity index (χ3n) is 4.23. The van der Waals surface area contributed by atoms with Crippen LogP contribution in [0.1, 0.15) is 37.7 Å². The number of aromatic nitrogens is 1. The van der Waals surface area contributed by atoms with Gasteiger partial charge in [0, 0.05) is 36.2 Å². The number of amides is 1. The Morgan fingerprint density at radius 2 is 2.07 bits per heavy atom. The molecular formula is C20H23FN2O2S2. The molecule has 1 amide bonds. The molecule has 1 aromatic carbocycles. The standard InChI is InChI=1S/C20H23FN2O2S2/c21-16-6-8-17(9-7-16)25-20-10-5-15(14-23-20)13-22-19(24)4-2-1-3-18-11-12-26-27-18/h5-10,14,18H,1-4,11-13H2,(H,22,24). The lowest BCUT2D eigenvalue weighted by atomic mass is 10.1. The molecule has 4 nitrogen and oxygen atoms in total. The predicted octanol–water partition coefficient (Wildman–Crippen LogP) is 5.34. The predicted molar refractivity (Wildman–Crippen MR) is 109 cm³/mol. The molecule has 2 aromatic rings. The van der Waals surface area contributed by atoms with Crippen LogP contribution in [0, 0.1) is 5.82 Å². The van der Waals surface area contributed by atoms with E-state index >= 15 is 0 Å². The minimum absolute atomic E-state index is 0.0788. The van der Waals surface area contributed by atoms with Crippen molar-refractivity contribution in [2.45, 2.75) is 43.9 Å². The van der Waals surface area contributed by atoms with Crippen molar-refractivity contribution in [3.63, 3.8) is 0 Å². The molecule has 2 heterocycles. The van der Waals surface area contributed by atoms with Crippen molar-refractivity contribution in [1.82, 2.24) is 10.3 Å². The van der Waals surface area contributed by atoms with Crippen molar-refractivity contribution < 1.29 is 13.9 Å². The molecule has 0 spiro atoms. The van der Waals surface area contributed by atoms with Gasteiger partial charge in [-0.25, -0.2) is 9.37 Å². The molecule has 1 aliphatic rings. The molecule has 1 aromatic heterocycles. The summed E-state index contributed by atoms with van der Waals surface area (Å²) in [4.78, 5) is 16.2. The zero-order valence-corrected chi connectivity index (χ0v) is 16.7. The summed E-state index contributed by atoms with van der Waals surface area (Å²) in [6.07, 6.45) is 6.82. The van der Waals surface area contributed by atoms with Gasteiger partial charge in [0.2, 0.25) is 11.8 Å². The number of carbonyl (C=O) groups is 1. The van der Waals surface area contributed by atoms with Crippen molar-refractivity contribution in [1.29, 1.82) is 0 Å². The second-order valence-electron chi connectivity index (χ2n) is 6.41. The topological polar surface area (TPSA) is 51.2 Å². The molecule has 0 radical (unpaired) electrons. The fraction of sp³-hybridized carbons (Fsp3) is 0.400. The molecule has 1 fully saturated rings. The maximum Gasteiger partial charge on any atom is 0.220 e. The number of hydrogen-bond donors (Lipinski definition) is 1. The summed E-state index contributed by atoms with van der Waals surface area (Å²) in [5.74, 6) is 1.99. The van der Waals surface area contributed by atoms with Gasteiger partial charge >= 0.3 is 0 Å². The molecule has 0 saturated carbocycles. The first-order valence-corrected chi connectivity index (χ1v) is 11.5. The molecule has 3 rings (SSSR count). The number of benzene rings is 1. The Morgan fingerprint density at radius 1 is 1.22 bits per heavy atom. The van der Waals surface area contributed by atoms with Gasteiger partial charge in [-0.15, -0.1) is 0 Å². The van der Waals surface area contributed by atoms with Gasteiger partial charge in [-0.1, -0.05) is 34.1 Å². The molecule has 1 aliphatic heterocycles. The van der Waals surface area contributed by atoms with Crippen molar-refractivity contribution >= 4 is 27.5 Å². The highest BCUT2D eigenvalue weighted by molar-refractivity contribution is 8.77. The van der Waals surface area contributed by atoms with Gasteiger partial charge in [-0.05, 0) is 49.1 Å². The largest absolute Gasteiger partial charge is 0.439 e. The zero-order valence-electron chi connectivity index (χ0n) is 15.0. The Labute approximate surface area is 167 Å². The van der Waals surface area contributed by atoms with E-state index in [-0.39, 0.29) is 11.7 Å². The average Bonchev–Trinajstić information content (AvgIpc) is 3.20. The van der Waals surface area contributed by atoms with Crippen LogP contribution in [0.4, 0.5) is 4.39 Å². The van der Waals surface area contributed by atoms with E-state index in [1.807, 2.05) is 27.7 Å². The summed E-state index contributed by atoms with van der Waals surface area (Å²) in [5.41, 5.74) is 0.911. The van der Waals surface area contributed by atoms with Crippen LogP contribution in [-0.2, 0) is 11.3 Å². The minimum Gasteiger partial charge on any atom is -0.439 e. The van der Waals surface area contributed by atoms with Gasteiger partial charge in [0.25, 0.3) is 0 Å². The number of rotatable bonds is 9. The summed E-state index contributed by atoms with van der Waals surface area (Å²) in [6, 6.07) is 9.38. The Balaban J connectivity index is 1.34. The fourth-order valence-electron chi connectivity index (χ4n) is 2.71. The summed E-state index contributed by atoms with van der Waals surface area (Å²) in [5, 5.41) is 3.71. The van der Waals surface area contributed by atoms with Gasteiger partial charge < -0.3 is 10.1 Å². The van der Waals surface area contributed by atoms with Gasteiger partial charge in [0.05, 0.1) is 0 Å². The van der Waals surface area contributed by atoms with Gasteiger partial charge in [-0.3, -0.25) is 4.79 Å². The highest BCUT2D eigenvalue weighted by Crippen LogP contribution is 2.39. The molecule has 1 saturated heterocycles. The smallest absolute Gasteiger partial charge is 0.220 e. The maximum absolute atomic E-state index is 12.9. The Morgan fingerprint density at radius 3 is 2.78 bits per heavy atom. The molecule has 1 N–H and O–H groups in total. The second-order valence-corrected chi connectivity index (χ2v) is 9.20. The van der Waals surface area contributed by atoms with Crippen molar-refractivity contribution in [2.24, 2.45) is 0 Å². The van der Waals surface area contributed by atoms with E-state index < -0.39 is 0 Å². The Bertz CT molecular complexity index is 720. The lowest BCUT2D eigenvalue weighted by molar-refractivity contribution is -0.121. The van der Waals surface area contributed by atoms with Gasteiger partial charge in [0.1, 0.15) is 11.6 Å². The molecular weight excluding hydrogens is 383 g/mol. The normalized spacial score (nSPS) is 16.3. The third-order valence-corrected chi connectivity index (χ3v) is 7.24. The summed E-state index contributed by atoms with van der Waals surface area (Å²) in [7, 11) is 3.95. The number of hydrogen-bond acceptors (Lipinski definition) is 5. The van der Waals surface area contributed by atoms with E-state index in [0.717, 1.165) is 23.7 Å². The summed E-state index contributed by atoms with van der Waals surface area (Å²) < 4.78 is 18.4. The van der Waals surface area contributed by atoms with E-state index in [1.165, 1.54) is 30.7 Å². The van der Waals surface area contributed by atoms with Gasteiger partial charge in [0.15, 0.2) is 0 Å². The van der Waals surface area contributed by atoms with E-state index in [0.29, 0.717) is 24.6 Å². The van der Waals surface area contributed by atoms with Crippen LogP contribution in [0.5, 0.6) is 11.6 Å². The Hall–Kier alpha value is -1.73. The number of pyridine rings is 1. The van der Waals surface area contributed by atoms with Crippen molar-refractivity contribution in [2.75, 3.05) is 5.75 Å². The molecule has 27 heavy (non-hydrogen) atoms. The van der Waals surface area contributed by atoms with E-state index in [4.69, 9.17) is 4.74 Å². The van der Waals surface area contributed by atoms with Crippen LogP contribution in [0.3, 0.4) is 0 Å². The van der Waals surface area contributed by atoms with E-state index in [1.54, 1.807) is 24.4 Å². The SMILES string of the molecule is O=C(CCCCC1CCSS1)NCc1ccc(Oc2ccc(F)cc2)nc1. The summed E-state index contributed by atoms with van der Waals surface area (Å²) in [6.45, 7) is 0.456. The van der Waals surface area contributed by atoms with Crippen LogP contribution < -0.4 is 10.1 Å². The number of nitrogens with one attached hydrogen (secondary N) is 1. The molecule has 1 atom stereocenters. The van der Waals surface area contributed by atoms with Crippen LogP contribution in [0.2, 0.25) is 0 Å². The quantitative estimate of drug-likeness (QED) is 0.450. The molecule has 7 heteroatoms. The first-order chi connectivity index (χ1) is 13.2. The van der Waals surface area contributed by atoms with Crippen LogP contribution >= 0.6 is 21.6 Å². The lowest BCUT2D eigenvalue weighted by Crippen LogP contribution is -2.22. The molecule has 0 bridgehead atoms. The minimum atomic E-state index is -0.308. The zero-order chi connectivity index (χ0) is 18.9. The monoisotopic (exact) mass is 406 g/mol.